The van der Waals surface area contributed by atoms with Crippen molar-refractivity contribution >= 4 is 82.1 Å². The minimum atomic E-state index is 0.877. The number of furan rings is 1. The molecular weight excluding hydrogens is 727 g/mol. The van der Waals surface area contributed by atoms with Crippen molar-refractivity contribution in [1.82, 2.24) is 0 Å². The third-order valence-electron chi connectivity index (χ3n) is 12.2. The number of para-hydroxylation sites is 1. The van der Waals surface area contributed by atoms with Gasteiger partial charge in [0, 0.05) is 33.1 Å². The summed E-state index contributed by atoms with van der Waals surface area (Å²) >= 11 is 0. The third kappa shape index (κ3) is 5.65. The molecule has 12 aromatic rings. The highest BCUT2D eigenvalue weighted by atomic mass is 16.3. The second-order valence-corrected chi connectivity index (χ2v) is 15.7. The summed E-state index contributed by atoms with van der Waals surface area (Å²) in [4.78, 5) is 2.41. The van der Waals surface area contributed by atoms with Crippen molar-refractivity contribution < 1.29 is 4.42 Å². The maximum Gasteiger partial charge on any atom is 0.143 e. The first-order valence-electron chi connectivity index (χ1n) is 20.6. The molecule has 2 heteroatoms. The van der Waals surface area contributed by atoms with E-state index < -0.39 is 0 Å². The lowest BCUT2D eigenvalue weighted by molar-refractivity contribution is 0.672. The Kier molecular flexibility index (Phi) is 7.89. The van der Waals surface area contributed by atoms with E-state index in [1.54, 1.807) is 0 Å². The van der Waals surface area contributed by atoms with Gasteiger partial charge >= 0.3 is 0 Å². The van der Waals surface area contributed by atoms with Crippen molar-refractivity contribution in [2.24, 2.45) is 0 Å². The largest absolute Gasteiger partial charge is 0.455 e. The molecule has 0 aliphatic carbocycles. The van der Waals surface area contributed by atoms with Crippen LogP contribution < -0.4 is 4.90 Å². The zero-order valence-corrected chi connectivity index (χ0v) is 32.7. The highest BCUT2D eigenvalue weighted by Gasteiger charge is 2.20. The first kappa shape index (κ1) is 34.1. The molecule has 12 rings (SSSR count). The number of anilines is 3. The van der Waals surface area contributed by atoms with Crippen molar-refractivity contribution in [1.29, 1.82) is 0 Å². The molecule has 1 heterocycles. The van der Waals surface area contributed by atoms with Gasteiger partial charge in [-0.25, -0.2) is 0 Å². The molecule has 11 aromatic carbocycles. The predicted molar refractivity (Wildman–Crippen MR) is 255 cm³/mol. The summed E-state index contributed by atoms with van der Waals surface area (Å²) in [6.45, 7) is 0. The Balaban J connectivity index is 1.02. The minimum Gasteiger partial charge on any atom is -0.455 e. The summed E-state index contributed by atoms with van der Waals surface area (Å²) in [6, 6.07) is 81.3. The lowest BCUT2D eigenvalue weighted by Crippen LogP contribution is -2.11. The van der Waals surface area contributed by atoms with E-state index >= 15 is 0 Å². The van der Waals surface area contributed by atoms with E-state index in [4.69, 9.17) is 4.42 Å². The van der Waals surface area contributed by atoms with Gasteiger partial charge in [0.2, 0.25) is 0 Å². The van der Waals surface area contributed by atoms with Gasteiger partial charge in [-0.15, -0.1) is 0 Å². The van der Waals surface area contributed by atoms with Gasteiger partial charge in [-0.05, 0) is 120 Å². The first-order chi connectivity index (χ1) is 29.7. The number of benzene rings is 11. The van der Waals surface area contributed by atoms with E-state index in [0.29, 0.717) is 0 Å². The fraction of sp³-hybridized carbons (Fsp3) is 0. The van der Waals surface area contributed by atoms with Gasteiger partial charge in [-0.3, -0.25) is 0 Å². The molecule has 0 N–H and O–H groups in total. The molecule has 0 saturated heterocycles. The monoisotopic (exact) mass is 763 g/mol. The average Bonchev–Trinajstić information content (AvgIpc) is 3.70. The third-order valence-corrected chi connectivity index (χ3v) is 12.2. The second kappa shape index (κ2) is 13.9. The summed E-state index contributed by atoms with van der Waals surface area (Å²) in [6.07, 6.45) is 0. The van der Waals surface area contributed by atoms with Crippen LogP contribution in [0.3, 0.4) is 0 Å². The van der Waals surface area contributed by atoms with E-state index in [9.17, 15) is 0 Å². The Bertz CT molecular complexity index is 3600. The molecule has 60 heavy (non-hydrogen) atoms. The fourth-order valence-corrected chi connectivity index (χ4v) is 9.28. The van der Waals surface area contributed by atoms with Gasteiger partial charge < -0.3 is 9.32 Å². The van der Waals surface area contributed by atoms with Crippen molar-refractivity contribution in [3.8, 4) is 33.4 Å². The Morgan fingerprint density at radius 1 is 0.283 bits per heavy atom. The molecule has 2 nitrogen and oxygen atoms in total. The highest BCUT2D eigenvalue weighted by molar-refractivity contribution is 6.16. The number of hydrogen-bond donors (Lipinski definition) is 0. The number of fused-ring (bicyclic) bond motifs is 9. The van der Waals surface area contributed by atoms with E-state index in [0.717, 1.165) is 55.5 Å². The standard InChI is InChI=1S/C58H37NO/c1-2-12-38(13-3-1)42-26-27-44-35-46(30-28-43(44)34-42)59(47-31-33-57-55(37-47)53-32-29-39-14-4-7-18-50(39)58(53)60-57)56-21-11-10-17-49(56)40-22-24-41(25-23-40)54-36-45-15-5-6-16-48(45)51-19-8-9-20-52(51)54/h1-37H. The van der Waals surface area contributed by atoms with Crippen LogP contribution in [0.25, 0.3) is 98.4 Å². The second-order valence-electron chi connectivity index (χ2n) is 15.7. The molecule has 0 saturated carbocycles. The van der Waals surface area contributed by atoms with E-state index in [-0.39, 0.29) is 0 Å². The topological polar surface area (TPSA) is 16.4 Å². The van der Waals surface area contributed by atoms with Gasteiger partial charge in [0.25, 0.3) is 0 Å². The maximum atomic E-state index is 6.59. The summed E-state index contributed by atoms with van der Waals surface area (Å²) in [5, 5.41) is 12.0. The Morgan fingerprint density at radius 2 is 0.883 bits per heavy atom. The molecule has 0 atom stereocenters. The molecule has 280 valence electrons. The van der Waals surface area contributed by atoms with Crippen LogP contribution >= 0.6 is 0 Å². The van der Waals surface area contributed by atoms with Crippen LogP contribution in [0.5, 0.6) is 0 Å². The molecule has 0 spiro atoms. The van der Waals surface area contributed by atoms with Crippen molar-refractivity contribution in [2.75, 3.05) is 4.90 Å². The first-order valence-corrected chi connectivity index (χ1v) is 20.6. The van der Waals surface area contributed by atoms with Gasteiger partial charge in [0.1, 0.15) is 11.2 Å². The van der Waals surface area contributed by atoms with Crippen LogP contribution in [-0.4, -0.2) is 0 Å². The fourth-order valence-electron chi connectivity index (χ4n) is 9.28. The van der Waals surface area contributed by atoms with Gasteiger partial charge in [-0.2, -0.15) is 0 Å². The number of rotatable bonds is 6. The number of nitrogens with zero attached hydrogens (tertiary/aromatic N) is 1. The normalized spacial score (nSPS) is 11.7. The lowest BCUT2D eigenvalue weighted by Gasteiger charge is -2.28. The quantitative estimate of drug-likeness (QED) is 0.157. The minimum absolute atomic E-state index is 0.877. The van der Waals surface area contributed by atoms with Crippen LogP contribution in [0.15, 0.2) is 229 Å². The SMILES string of the molecule is c1ccc(-c2ccc3cc(N(c4ccc5oc6c7ccccc7ccc6c5c4)c4ccccc4-c4ccc(-c5cc6ccccc6c6ccccc56)cc4)ccc3c2)cc1. The Hall–Kier alpha value is -7.94. The summed E-state index contributed by atoms with van der Waals surface area (Å²) in [5.41, 5.74) is 12.2. The molecule has 0 bridgehead atoms. The average molecular weight is 764 g/mol. The molecule has 1 aromatic heterocycles. The maximum absolute atomic E-state index is 6.59. The molecule has 0 unspecified atom stereocenters. The molecule has 0 amide bonds. The van der Waals surface area contributed by atoms with E-state index in [1.165, 1.54) is 60.0 Å². The Labute approximate surface area is 347 Å². The molecule has 0 radical (unpaired) electrons. The van der Waals surface area contributed by atoms with E-state index in [1.807, 2.05) is 0 Å². The molecule has 0 aliphatic rings. The molecule has 0 aliphatic heterocycles. The van der Waals surface area contributed by atoms with Crippen LogP contribution in [0.2, 0.25) is 0 Å². The lowest BCUT2D eigenvalue weighted by atomic mass is 9.92. The molecular formula is C58H37NO. The highest BCUT2D eigenvalue weighted by Crippen LogP contribution is 2.45. The van der Waals surface area contributed by atoms with Gasteiger partial charge in [0.05, 0.1) is 5.69 Å². The van der Waals surface area contributed by atoms with Crippen molar-refractivity contribution in [3.63, 3.8) is 0 Å². The number of hydrogen-bond acceptors (Lipinski definition) is 2. The van der Waals surface area contributed by atoms with E-state index in [2.05, 4.69) is 229 Å². The zero-order chi connectivity index (χ0) is 39.6. The van der Waals surface area contributed by atoms with Crippen LogP contribution in [0.4, 0.5) is 17.1 Å². The van der Waals surface area contributed by atoms with Crippen LogP contribution in [0, 0.1) is 0 Å². The zero-order valence-electron chi connectivity index (χ0n) is 32.7. The molecule has 0 fully saturated rings. The summed E-state index contributed by atoms with van der Waals surface area (Å²) < 4.78 is 6.59. The van der Waals surface area contributed by atoms with Gasteiger partial charge in [-0.1, -0.05) is 170 Å². The van der Waals surface area contributed by atoms with Crippen LogP contribution in [0.1, 0.15) is 0 Å². The van der Waals surface area contributed by atoms with Crippen molar-refractivity contribution in [3.05, 3.63) is 224 Å². The van der Waals surface area contributed by atoms with Crippen molar-refractivity contribution in [2.45, 2.75) is 0 Å². The smallest absolute Gasteiger partial charge is 0.143 e. The Morgan fingerprint density at radius 3 is 1.73 bits per heavy atom. The van der Waals surface area contributed by atoms with Crippen LogP contribution in [-0.2, 0) is 0 Å². The summed E-state index contributed by atoms with van der Waals surface area (Å²) in [7, 11) is 0. The summed E-state index contributed by atoms with van der Waals surface area (Å²) in [5.74, 6) is 0. The van der Waals surface area contributed by atoms with Gasteiger partial charge in [0.15, 0.2) is 0 Å². The predicted octanol–water partition coefficient (Wildman–Crippen LogP) is 16.7.